The average molecular weight is 384 g/mol. The van der Waals surface area contributed by atoms with Crippen molar-refractivity contribution >= 4 is 23.4 Å². The zero-order valence-electron chi connectivity index (χ0n) is 13.2. The zero-order valence-corrected chi connectivity index (χ0v) is 14.0. The molecule has 13 heteroatoms. The predicted molar refractivity (Wildman–Crippen MR) is 84.5 cm³/mol. The Labute approximate surface area is 148 Å². The van der Waals surface area contributed by atoms with Gasteiger partial charge in [-0.3, -0.25) is 4.79 Å². The SMILES string of the molecule is Cn1nnnc1SCC(=O)Nc1cc(C(F)(F)F)ccc1-n1cncn1. The second kappa shape index (κ2) is 7.11. The molecule has 2 heterocycles. The van der Waals surface area contributed by atoms with Gasteiger partial charge < -0.3 is 5.32 Å². The van der Waals surface area contributed by atoms with Crippen molar-refractivity contribution in [3.05, 3.63) is 36.4 Å². The summed E-state index contributed by atoms with van der Waals surface area (Å²) in [6.45, 7) is 0. The standard InChI is InChI=1S/C13H11F3N8OS/c1-23-12(20-21-22-23)26-5-11(25)19-9-4-8(13(14,15)16)2-3-10(9)24-7-17-6-18-24/h2-4,6-7H,5H2,1H3,(H,19,25). The molecule has 0 atom stereocenters. The number of alkyl halides is 3. The molecule has 0 spiro atoms. The number of rotatable bonds is 5. The van der Waals surface area contributed by atoms with Crippen molar-refractivity contribution in [3.63, 3.8) is 0 Å². The van der Waals surface area contributed by atoms with Gasteiger partial charge in [0.25, 0.3) is 0 Å². The van der Waals surface area contributed by atoms with Crippen molar-refractivity contribution in [2.24, 2.45) is 7.05 Å². The number of aromatic nitrogens is 7. The summed E-state index contributed by atoms with van der Waals surface area (Å²) in [4.78, 5) is 15.9. The van der Waals surface area contributed by atoms with Gasteiger partial charge in [-0.15, -0.1) is 5.10 Å². The number of benzene rings is 1. The van der Waals surface area contributed by atoms with Crippen molar-refractivity contribution in [1.82, 2.24) is 35.0 Å². The molecule has 0 aliphatic heterocycles. The van der Waals surface area contributed by atoms with Crippen LogP contribution in [0.15, 0.2) is 36.0 Å². The van der Waals surface area contributed by atoms with Crippen LogP contribution >= 0.6 is 11.8 Å². The Hall–Kier alpha value is -2.96. The smallest absolute Gasteiger partial charge is 0.323 e. The third kappa shape index (κ3) is 3.99. The first-order chi connectivity index (χ1) is 12.3. The van der Waals surface area contributed by atoms with E-state index in [1.807, 2.05) is 0 Å². The molecule has 0 saturated carbocycles. The maximum atomic E-state index is 13.0. The van der Waals surface area contributed by atoms with E-state index in [9.17, 15) is 18.0 Å². The average Bonchev–Trinajstić information content (AvgIpc) is 3.24. The minimum Gasteiger partial charge on any atom is -0.323 e. The van der Waals surface area contributed by atoms with Crippen LogP contribution in [-0.2, 0) is 18.0 Å². The summed E-state index contributed by atoms with van der Waals surface area (Å²) in [5.41, 5.74) is -0.664. The van der Waals surface area contributed by atoms with Gasteiger partial charge in [0, 0.05) is 7.05 Å². The summed E-state index contributed by atoms with van der Waals surface area (Å²) in [7, 11) is 1.61. The summed E-state index contributed by atoms with van der Waals surface area (Å²) in [5, 5.41) is 17.5. The summed E-state index contributed by atoms with van der Waals surface area (Å²) in [6.07, 6.45) is -1.99. The molecule has 1 amide bonds. The highest BCUT2D eigenvalue weighted by Crippen LogP contribution is 2.33. The maximum Gasteiger partial charge on any atom is 0.416 e. The molecular weight excluding hydrogens is 373 g/mol. The molecule has 1 N–H and O–H groups in total. The summed E-state index contributed by atoms with van der Waals surface area (Å²) >= 11 is 1.05. The highest BCUT2D eigenvalue weighted by molar-refractivity contribution is 7.99. The van der Waals surface area contributed by atoms with Crippen molar-refractivity contribution in [3.8, 4) is 5.69 Å². The minimum atomic E-state index is -4.54. The van der Waals surface area contributed by atoms with Crippen LogP contribution in [0.3, 0.4) is 0 Å². The van der Waals surface area contributed by atoms with Crippen LogP contribution in [0.5, 0.6) is 0 Å². The highest BCUT2D eigenvalue weighted by Gasteiger charge is 2.31. The van der Waals surface area contributed by atoms with Crippen molar-refractivity contribution in [1.29, 1.82) is 0 Å². The van der Waals surface area contributed by atoms with Crippen molar-refractivity contribution in [2.45, 2.75) is 11.3 Å². The van der Waals surface area contributed by atoms with Gasteiger partial charge in [-0.1, -0.05) is 11.8 Å². The lowest BCUT2D eigenvalue weighted by Crippen LogP contribution is -2.17. The first-order valence-electron chi connectivity index (χ1n) is 7.06. The van der Waals surface area contributed by atoms with E-state index in [0.717, 1.165) is 23.9 Å². The molecule has 1 aromatic carbocycles. The van der Waals surface area contributed by atoms with Gasteiger partial charge >= 0.3 is 6.18 Å². The van der Waals surface area contributed by atoms with E-state index in [-0.39, 0.29) is 17.1 Å². The Balaban J connectivity index is 1.82. The van der Waals surface area contributed by atoms with Gasteiger partial charge in [0.05, 0.1) is 22.7 Å². The van der Waals surface area contributed by atoms with Gasteiger partial charge in [0.2, 0.25) is 11.1 Å². The fraction of sp³-hybridized carbons (Fsp3) is 0.231. The van der Waals surface area contributed by atoms with Gasteiger partial charge in [0.15, 0.2) is 0 Å². The van der Waals surface area contributed by atoms with Crippen LogP contribution < -0.4 is 5.32 Å². The molecule has 0 aliphatic carbocycles. The van der Waals surface area contributed by atoms with Gasteiger partial charge in [0.1, 0.15) is 12.7 Å². The number of nitrogens with one attached hydrogen (secondary N) is 1. The molecule has 0 bridgehead atoms. The second-order valence-corrected chi connectivity index (χ2v) is 5.93. The first-order valence-corrected chi connectivity index (χ1v) is 8.04. The lowest BCUT2D eigenvalue weighted by molar-refractivity contribution is -0.137. The number of carbonyl (C=O) groups is 1. The minimum absolute atomic E-state index is 0.0352. The molecule has 0 saturated heterocycles. The summed E-state index contributed by atoms with van der Waals surface area (Å²) in [6, 6.07) is 2.98. The Morgan fingerprint density at radius 2 is 2.15 bits per heavy atom. The summed E-state index contributed by atoms with van der Waals surface area (Å²) in [5.74, 6) is -0.597. The van der Waals surface area contributed by atoms with Crippen LogP contribution in [0, 0.1) is 0 Å². The Kier molecular flexibility index (Phi) is 4.88. The van der Waals surface area contributed by atoms with Crippen molar-refractivity contribution < 1.29 is 18.0 Å². The Morgan fingerprint density at radius 1 is 1.35 bits per heavy atom. The lowest BCUT2D eigenvalue weighted by Gasteiger charge is -2.14. The fourth-order valence-corrected chi connectivity index (χ4v) is 2.65. The number of hydrogen-bond acceptors (Lipinski definition) is 7. The van der Waals surface area contributed by atoms with Crippen LogP contribution in [0.25, 0.3) is 5.69 Å². The zero-order chi connectivity index (χ0) is 18.7. The van der Waals surface area contributed by atoms with E-state index in [4.69, 9.17) is 0 Å². The molecule has 0 aliphatic rings. The number of anilines is 1. The number of nitrogens with zero attached hydrogens (tertiary/aromatic N) is 7. The number of carbonyl (C=O) groups excluding carboxylic acids is 1. The van der Waals surface area contributed by atoms with Gasteiger partial charge in [-0.2, -0.15) is 18.3 Å². The van der Waals surface area contributed by atoms with Gasteiger partial charge in [-0.25, -0.2) is 14.3 Å². The normalized spacial score (nSPS) is 11.5. The molecule has 2 aromatic heterocycles. The number of aryl methyl sites for hydroxylation is 1. The highest BCUT2D eigenvalue weighted by atomic mass is 32.2. The third-order valence-corrected chi connectivity index (χ3v) is 4.19. The molecule has 0 fully saturated rings. The quantitative estimate of drug-likeness (QED) is 0.666. The number of tetrazole rings is 1. The Morgan fingerprint density at radius 3 is 2.77 bits per heavy atom. The van der Waals surface area contributed by atoms with E-state index in [2.05, 4.69) is 30.9 Å². The van der Waals surface area contributed by atoms with E-state index in [0.29, 0.717) is 5.16 Å². The third-order valence-electron chi connectivity index (χ3n) is 3.18. The molecule has 3 rings (SSSR count). The van der Waals surface area contributed by atoms with E-state index in [1.165, 1.54) is 28.1 Å². The molecule has 9 nitrogen and oxygen atoms in total. The molecule has 26 heavy (non-hydrogen) atoms. The predicted octanol–water partition coefficient (Wildman–Crippen LogP) is 1.54. The first kappa shape index (κ1) is 17.8. The van der Waals surface area contributed by atoms with Crippen LogP contribution in [0.2, 0.25) is 0 Å². The van der Waals surface area contributed by atoms with Crippen LogP contribution in [-0.4, -0.2) is 46.6 Å². The van der Waals surface area contributed by atoms with E-state index < -0.39 is 17.6 Å². The molecule has 136 valence electrons. The number of thioether (sulfide) groups is 1. The van der Waals surface area contributed by atoms with E-state index in [1.54, 1.807) is 7.05 Å². The second-order valence-electron chi connectivity index (χ2n) is 4.99. The van der Waals surface area contributed by atoms with Crippen molar-refractivity contribution in [2.75, 3.05) is 11.1 Å². The van der Waals surface area contributed by atoms with Crippen LogP contribution in [0.4, 0.5) is 18.9 Å². The molecule has 0 unspecified atom stereocenters. The topological polar surface area (TPSA) is 103 Å². The fourth-order valence-electron chi connectivity index (χ4n) is 2.00. The molecular formula is C13H11F3N8OS. The number of amides is 1. The van der Waals surface area contributed by atoms with E-state index >= 15 is 0 Å². The number of halogens is 3. The van der Waals surface area contributed by atoms with Gasteiger partial charge in [-0.05, 0) is 28.6 Å². The van der Waals surface area contributed by atoms with Crippen LogP contribution in [0.1, 0.15) is 5.56 Å². The number of hydrogen-bond donors (Lipinski definition) is 1. The molecule has 0 radical (unpaired) electrons. The lowest BCUT2D eigenvalue weighted by atomic mass is 10.1. The maximum absolute atomic E-state index is 13.0. The Bertz CT molecular complexity index is 909. The monoisotopic (exact) mass is 384 g/mol. The largest absolute Gasteiger partial charge is 0.416 e. The molecule has 3 aromatic rings. The summed E-state index contributed by atoms with van der Waals surface area (Å²) < 4.78 is 41.6.